The molecule has 3 heterocycles. The summed E-state index contributed by atoms with van der Waals surface area (Å²) in [5.41, 5.74) is 2.99. The fourth-order valence-corrected chi connectivity index (χ4v) is 3.82. The van der Waals surface area contributed by atoms with E-state index in [9.17, 15) is 9.90 Å². The van der Waals surface area contributed by atoms with Crippen LogP contribution in [0, 0.1) is 0 Å². The molecule has 1 aromatic carbocycles. The number of aliphatic hydroxyl groups is 1. The molecule has 1 aromatic heterocycles. The van der Waals surface area contributed by atoms with Gasteiger partial charge >= 0.3 is 0 Å². The highest BCUT2D eigenvalue weighted by atomic mass is 16.5. The normalized spacial score (nSPS) is 17.7. The Balaban J connectivity index is 1.32. The third-order valence-electron chi connectivity index (χ3n) is 5.66. The highest BCUT2D eigenvalue weighted by Crippen LogP contribution is 2.19. The van der Waals surface area contributed by atoms with Gasteiger partial charge in [0, 0.05) is 38.2 Å². The number of anilines is 1. The summed E-state index contributed by atoms with van der Waals surface area (Å²) in [4.78, 5) is 23.9. The van der Waals surface area contributed by atoms with Crippen molar-refractivity contribution in [2.45, 2.75) is 44.9 Å². The van der Waals surface area contributed by atoms with E-state index in [-0.39, 0.29) is 24.4 Å². The molecule has 8 heteroatoms. The van der Waals surface area contributed by atoms with Crippen molar-refractivity contribution in [3.8, 4) is 0 Å². The van der Waals surface area contributed by atoms with Gasteiger partial charge in [-0.3, -0.25) is 9.69 Å². The minimum absolute atomic E-state index is 0.0958. The molecular weight excluding hydrogens is 394 g/mol. The van der Waals surface area contributed by atoms with Gasteiger partial charge in [0.25, 0.3) is 5.91 Å². The lowest BCUT2D eigenvalue weighted by Gasteiger charge is -2.30. The quantitative estimate of drug-likeness (QED) is 0.590. The van der Waals surface area contributed by atoms with Crippen LogP contribution >= 0.6 is 0 Å². The monoisotopic (exact) mass is 425 g/mol. The Morgan fingerprint density at radius 1 is 1.26 bits per heavy atom. The van der Waals surface area contributed by atoms with Gasteiger partial charge in [-0.15, -0.1) is 0 Å². The molecule has 0 spiro atoms. The number of β-amino-alcohol motifs (C(OH)–C–C–N with tert-alkyl or cyclic N) is 1. The molecule has 1 amide bonds. The van der Waals surface area contributed by atoms with Gasteiger partial charge in [-0.1, -0.05) is 38.1 Å². The number of rotatable bonds is 8. The van der Waals surface area contributed by atoms with Gasteiger partial charge in [0.15, 0.2) is 0 Å². The first-order chi connectivity index (χ1) is 15.0. The van der Waals surface area contributed by atoms with E-state index in [0.29, 0.717) is 37.1 Å². The van der Waals surface area contributed by atoms with Crippen molar-refractivity contribution in [2.75, 3.05) is 38.2 Å². The van der Waals surface area contributed by atoms with Gasteiger partial charge < -0.3 is 20.5 Å². The summed E-state index contributed by atoms with van der Waals surface area (Å²) in [5, 5.41) is 16.6. The number of fused-ring (bicyclic) bond motifs is 1. The Morgan fingerprint density at radius 2 is 2.03 bits per heavy atom. The van der Waals surface area contributed by atoms with E-state index in [0.717, 1.165) is 19.5 Å². The SMILES string of the molecule is CC(C)c1nc(NC2COC2)cc(C(=O)NC[C@H](O)CN2CCc3ccccc3C2)n1. The molecule has 2 aliphatic rings. The highest BCUT2D eigenvalue weighted by molar-refractivity contribution is 5.93. The number of hydrogen-bond acceptors (Lipinski definition) is 7. The second-order valence-electron chi connectivity index (χ2n) is 8.65. The number of hydrogen-bond donors (Lipinski definition) is 3. The molecule has 3 N–H and O–H groups in total. The largest absolute Gasteiger partial charge is 0.390 e. The Kier molecular flexibility index (Phi) is 6.80. The van der Waals surface area contributed by atoms with Crippen molar-refractivity contribution in [1.29, 1.82) is 0 Å². The lowest BCUT2D eigenvalue weighted by Crippen LogP contribution is -2.42. The van der Waals surface area contributed by atoms with Crippen LogP contribution in [0.4, 0.5) is 5.82 Å². The van der Waals surface area contributed by atoms with Crippen LogP contribution < -0.4 is 10.6 Å². The zero-order chi connectivity index (χ0) is 21.8. The van der Waals surface area contributed by atoms with Crippen LogP contribution in [-0.2, 0) is 17.7 Å². The van der Waals surface area contributed by atoms with Crippen LogP contribution in [0.2, 0.25) is 0 Å². The summed E-state index contributed by atoms with van der Waals surface area (Å²) >= 11 is 0. The van der Waals surface area contributed by atoms with Crippen LogP contribution in [0.3, 0.4) is 0 Å². The maximum Gasteiger partial charge on any atom is 0.270 e. The molecule has 1 saturated heterocycles. The first-order valence-electron chi connectivity index (χ1n) is 11.0. The van der Waals surface area contributed by atoms with Crippen LogP contribution in [-0.4, -0.2) is 70.9 Å². The Morgan fingerprint density at radius 3 is 2.74 bits per heavy atom. The number of amides is 1. The van der Waals surface area contributed by atoms with E-state index < -0.39 is 6.10 Å². The molecule has 2 aromatic rings. The van der Waals surface area contributed by atoms with Crippen molar-refractivity contribution in [3.63, 3.8) is 0 Å². The topological polar surface area (TPSA) is 99.6 Å². The molecule has 0 saturated carbocycles. The summed E-state index contributed by atoms with van der Waals surface area (Å²) < 4.78 is 5.19. The van der Waals surface area contributed by atoms with Gasteiger partial charge in [0.05, 0.1) is 25.4 Å². The average molecular weight is 426 g/mol. The van der Waals surface area contributed by atoms with Gasteiger partial charge in [-0.2, -0.15) is 0 Å². The second-order valence-corrected chi connectivity index (χ2v) is 8.65. The number of carbonyl (C=O) groups is 1. The maximum absolute atomic E-state index is 12.7. The third kappa shape index (κ3) is 5.58. The van der Waals surface area contributed by atoms with E-state index in [4.69, 9.17) is 4.74 Å². The van der Waals surface area contributed by atoms with Crippen molar-refractivity contribution in [1.82, 2.24) is 20.2 Å². The molecule has 0 bridgehead atoms. The molecule has 0 unspecified atom stereocenters. The number of carbonyl (C=O) groups excluding carboxylic acids is 1. The Labute approximate surface area is 183 Å². The maximum atomic E-state index is 12.7. The van der Waals surface area contributed by atoms with Crippen LogP contribution in [0.5, 0.6) is 0 Å². The Bertz CT molecular complexity index is 916. The minimum atomic E-state index is -0.648. The molecule has 0 aliphatic carbocycles. The number of benzene rings is 1. The lowest BCUT2D eigenvalue weighted by atomic mass is 10.00. The minimum Gasteiger partial charge on any atom is -0.390 e. The van der Waals surface area contributed by atoms with Gasteiger partial charge in [0.1, 0.15) is 17.3 Å². The number of nitrogens with one attached hydrogen (secondary N) is 2. The molecule has 31 heavy (non-hydrogen) atoms. The molecule has 2 aliphatic heterocycles. The number of nitrogens with zero attached hydrogens (tertiary/aromatic N) is 3. The molecule has 4 rings (SSSR count). The third-order valence-corrected chi connectivity index (χ3v) is 5.66. The second kappa shape index (κ2) is 9.72. The van der Waals surface area contributed by atoms with E-state index in [1.165, 1.54) is 11.1 Å². The number of aliphatic hydroxyl groups excluding tert-OH is 1. The summed E-state index contributed by atoms with van der Waals surface area (Å²) in [7, 11) is 0. The predicted molar refractivity (Wildman–Crippen MR) is 118 cm³/mol. The van der Waals surface area contributed by atoms with Crippen molar-refractivity contribution in [3.05, 3.63) is 53.0 Å². The summed E-state index contributed by atoms with van der Waals surface area (Å²) in [6.45, 7) is 7.69. The standard InChI is InChI=1S/C23H31N5O3/c1-15(2)22-26-20(9-21(27-22)25-18-13-31-14-18)23(30)24-10-19(29)12-28-8-7-16-5-3-4-6-17(16)11-28/h3-6,9,15,18-19,29H,7-8,10-14H2,1-2H3,(H,24,30)(H,25,26,27)/t19-/m0/s1. The highest BCUT2D eigenvalue weighted by Gasteiger charge is 2.22. The first-order valence-corrected chi connectivity index (χ1v) is 11.0. The van der Waals surface area contributed by atoms with E-state index in [1.54, 1.807) is 6.07 Å². The van der Waals surface area contributed by atoms with E-state index in [1.807, 2.05) is 19.9 Å². The fraction of sp³-hybridized carbons (Fsp3) is 0.522. The molecular formula is C23H31N5O3. The lowest BCUT2D eigenvalue weighted by molar-refractivity contribution is 0.0209. The Hall–Kier alpha value is -2.55. The molecule has 0 radical (unpaired) electrons. The van der Waals surface area contributed by atoms with E-state index in [2.05, 4.69) is 43.7 Å². The van der Waals surface area contributed by atoms with Crippen LogP contribution in [0.15, 0.2) is 30.3 Å². The summed E-state index contributed by atoms with van der Waals surface area (Å²) in [5.74, 6) is 1.03. The number of aromatic nitrogens is 2. The van der Waals surface area contributed by atoms with Crippen LogP contribution in [0.25, 0.3) is 0 Å². The van der Waals surface area contributed by atoms with Crippen LogP contribution in [0.1, 0.15) is 47.2 Å². The molecule has 8 nitrogen and oxygen atoms in total. The fourth-order valence-electron chi connectivity index (χ4n) is 3.82. The molecule has 166 valence electrons. The summed E-state index contributed by atoms with van der Waals surface area (Å²) in [6, 6.07) is 10.3. The zero-order valence-corrected chi connectivity index (χ0v) is 18.2. The van der Waals surface area contributed by atoms with E-state index >= 15 is 0 Å². The van der Waals surface area contributed by atoms with Crippen molar-refractivity contribution in [2.24, 2.45) is 0 Å². The van der Waals surface area contributed by atoms with Gasteiger partial charge in [-0.25, -0.2) is 9.97 Å². The first kappa shape index (κ1) is 21.7. The predicted octanol–water partition coefficient (Wildman–Crippen LogP) is 1.56. The van der Waals surface area contributed by atoms with Gasteiger partial charge in [-0.05, 0) is 17.5 Å². The molecule has 1 atom stereocenters. The van der Waals surface area contributed by atoms with Crippen molar-refractivity contribution >= 4 is 11.7 Å². The summed E-state index contributed by atoms with van der Waals surface area (Å²) in [6.07, 6.45) is 0.334. The smallest absolute Gasteiger partial charge is 0.270 e. The van der Waals surface area contributed by atoms with Crippen molar-refractivity contribution < 1.29 is 14.6 Å². The average Bonchev–Trinajstić information content (AvgIpc) is 2.74. The molecule has 1 fully saturated rings. The zero-order valence-electron chi connectivity index (χ0n) is 18.2. The number of ether oxygens (including phenoxy) is 1. The van der Waals surface area contributed by atoms with Gasteiger partial charge in [0.2, 0.25) is 0 Å².